The molecule has 6 aromatic rings. The molecule has 2 saturated heterocycles. The van der Waals surface area contributed by atoms with Crippen molar-refractivity contribution in [3.63, 3.8) is 0 Å². The van der Waals surface area contributed by atoms with Crippen molar-refractivity contribution >= 4 is 78.0 Å². The number of carboxylic acids is 1. The number of halogens is 4. The molecule has 0 unspecified atom stereocenters. The normalized spacial score (nSPS) is 23.2. The molecular formula is C52H48Cl4N10O7S2. The van der Waals surface area contributed by atoms with Crippen LogP contribution in [0.3, 0.4) is 0 Å². The number of nitrogens with two attached hydrogens (primary N) is 1. The SMILES string of the molecule is Cc1c(C(=O)O)nn(-c2ccc(Cl)cc2Cl)c1-c1ccc(C#CCCC#N)cc1.[2H]C1([2H])N(N)C([2H])([2H])C([2H])([2H])S(=O)(=O)C1([2H])[2H].[2H]C1([2H])N(NC(=O)c2nn(-c3ccc(Cl)cc3Cl)c(-c3ccc(C#CCCC#N)cc3)c2C)C([2H])([2H])C([2H])([2H])S(=O)(=O)C1([2H])[2H]. The lowest BCUT2D eigenvalue weighted by Gasteiger charge is -2.26. The van der Waals surface area contributed by atoms with Crippen LogP contribution in [0.4, 0.5) is 0 Å². The van der Waals surface area contributed by atoms with Crippen molar-refractivity contribution in [1.82, 2.24) is 35.0 Å². The molecule has 2 aliphatic heterocycles. The molecule has 2 aliphatic rings. The van der Waals surface area contributed by atoms with Crippen molar-refractivity contribution < 1.29 is 53.5 Å². The highest BCUT2D eigenvalue weighted by atomic mass is 35.5. The van der Waals surface area contributed by atoms with Crippen molar-refractivity contribution in [3.05, 3.63) is 139 Å². The predicted octanol–water partition coefficient (Wildman–Crippen LogP) is 8.28. The van der Waals surface area contributed by atoms with E-state index >= 15 is 0 Å². The number of nitrogens with zero attached hydrogens (tertiary/aromatic N) is 8. The quantitative estimate of drug-likeness (QED) is 0.0700. The summed E-state index contributed by atoms with van der Waals surface area (Å²) in [5.41, 5.74) is -8.81. The number of nitriles is 2. The Bertz CT molecular complexity index is 4270. The average Bonchev–Trinajstić information content (AvgIpc) is 1.31. The lowest BCUT2D eigenvalue weighted by molar-refractivity contribution is 0.0688. The van der Waals surface area contributed by atoms with E-state index < -0.39 is 86.1 Å². The summed E-state index contributed by atoms with van der Waals surface area (Å²) in [6.45, 7) is -11.2. The standard InChI is InChI=1S/C26H23Cl2N5O3S.C22H15Cl2N3O2.C4H10N2O2S/c1-18-24(26(34)31-32-13-15-37(35,36)16-14-32)30-33(23-11-10-21(27)17-22(23)28)25(18)20-8-6-19(7-9-20)5-3-2-4-12-29;1-14-20(22(28)29)26-27(19-11-10-17(23)13-18(19)24)21(14)16-8-6-15(7-9-16)5-3-2-4-12-25;5-6-1-3-9(7,8)4-2-6/h6-11,17H,2,4,13-16H2,1H3,(H,31,34);6-11,13H,2,4H2,1H3,(H,28,29);1-5H2/i13D2,14D2,15D2,16D2;;1D2,2D2,3D2,4D2. The molecule has 0 atom stereocenters. The van der Waals surface area contributed by atoms with E-state index in [0.717, 1.165) is 11.1 Å². The molecule has 4 N–H and O–H groups in total. The van der Waals surface area contributed by atoms with E-state index in [1.807, 2.05) is 35.8 Å². The highest BCUT2D eigenvalue weighted by Gasteiger charge is 2.28. The van der Waals surface area contributed by atoms with E-state index in [-0.39, 0.29) is 38.4 Å². The summed E-state index contributed by atoms with van der Waals surface area (Å²) in [6.07, 6.45) is 1.58. The second kappa shape index (κ2) is 26.2. The minimum atomic E-state index is -5.74. The summed E-state index contributed by atoms with van der Waals surface area (Å²) in [6, 6.07) is 27.6. The molecule has 0 aliphatic carbocycles. The fourth-order valence-electron chi connectivity index (χ4n) is 6.48. The first-order valence-electron chi connectivity index (χ1n) is 29.2. The number of aromatic nitrogens is 4. The molecule has 75 heavy (non-hydrogen) atoms. The monoisotopic (exact) mass is 1140 g/mol. The highest BCUT2D eigenvalue weighted by molar-refractivity contribution is 7.91. The number of rotatable bonds is 9. The Labute approximate surface area is 477 Å². The molecule has 8 rings (SSSR count). The van der Waals surface area contributed by atoms with Gasteiger partial charge >= 0.3 is 5.97 Å². The van der Waals surface area contributed by atoms with E-state index in [1.165, 1.54) is 34.5 Å². The van der Waals surface area contributed by atoms with Crippen LogP contribution in [0.1, 0.15) is 90.8 Å². The number of aromatic carboxylic acids is 1. The summed E-state index contributed by atoms with van der Waals surface area (Å²) >= 11 is 24.9. The highest BCUT2D eigenvalue weighted by Crippen LogP contribution is 2.35. The Morgan fingerprint density at radius 3 is 1.45 bits per heavy atom. The zero-order valence-corrected chi connectivity index (χ0v) is 43.4. The first kappa shape index (κ1) is 38.8. The van der Waals surface area contributed by atoms with Gasteiger partial charge in [0, 0.05) is 117 Å². The molecule has 388 valence electrons. The first-order chi connectivity index (χ1) is 41.8. The maximum Gasteiger partial charge on any atom is 0.356 e. The molecule has 2 fully saturated rings. The van der Waals surface area contributed by atoms with E-state index in [4.69, 9.17) is 84.7 Å². The van der Waals surface area contributed by atoms with Gasteiger partial charge in [0.05, 0.1) is 67.8 Å². The Morgan fingerprint density at radius 1 is 0.653 bits per heavy atom. The smallest absolute Gasteiger partial charge is 0.356 e. The maximum atomic E-state index is 13.6. The van der Waals surface area contributed by atoms with Crippen LogP contribution in [0.15, 0.2) is 84.9 Å². The van der Waals surface area contributed by atoms with Gasteiger partial charge < -0.3 is 5.11 Å². The lowest BCUT2D eigenvalue weighted by Crippen LogP contribution is -2.50. The molecule has 2 aromatic heterocycles. The van der Waals surface area contributed by atoms with Crippen LogP contribution < -0.4 is 11.3 Å². The summed E-state index contributed by atoms with van der Waals surface area (Å²) in [5, 5.41) is 36.0. The molecule has 17 nitrogen and oxygen atoms in total. The largest absolute Gasteiger partial charge is 0.476 e. The number of carbonyl (C=O) groups excluding carboxylic acids is 1. The molecule has 4 aromatic carbocycles. The second-order valence-electron chi connectivity index (χ2n) is 15.0. The molecule has 4 heterocycles. The van der Waals surface area contributed by atoms with Gasteiger partial charge in [-0.15, -0.1) is 0 Å². The van der Waals surface area contributed by atoms with Gasteiger partial charge in [0.1, 0.15) is 0 Å². The van der Waals surface area contributed by atoms with Crippen LogP contribution in [0.5, 0.6) is 0 Å². The van der Waals surface area contributed by atoms with Crippen LogP contribution >= 0.6 is 46.4 Å². The van der Waals surface area contributed by atoms with Gasteiger partial charge in [0.25, 0.3) is 5.91 Å². The number of nitrogens with one attached hydrogen (secondary N) is 1. The van der Waals surface area contributed by atoms with E-state index in [2.05, 4.69) is 39.9 Å². The summed E-state index contributed by atoms with van der Waals surface area (Å²) < 4.78 is 173. The lowest BCUT2D eigenvalue weighted by atomic mass is 10.0. The summed E-state index contributed by atoms with van der Waals surface area (Å²) in [5.74, 6) is 14.4. The number of carbonyl (C=O) groups is 2. The number of hydrogen-bond donors (Lipinski definition) is 3. The van der Waals surface area contributed by atoms with Gasteiger partial charge in [-0.05, 0) is 74.5 Å². The second-order valence-corrected chi connectivity index (χ2v) is 19.6. The fraction of sp³-hybridized carbons (Fsp3) is 0.269. The van der Waals surface area contributed by atoms with Crippen LogP contribution in [0, 0.1) is 60.2 Å². The van der Waals surface area contributed by atoms with Crippen molar-refractivity contribution in [1.29, 1.82) is 10.5 Å². The van der Waals surface area contributed by atoms with Crippen molar-refractivity contribution in [2.24, 2.45) is 5.84 Å². The third-order valence-electron chi connectivity index (χ3n) is 9.84. The van der Waals surface area contributed by atoms with Crippen molar-refractivity contribution in [3.8, 4) is 69.7 Å². The van der Waals surface area contributed by atoms with E-state index in [9.17, 15) is 31.5 Å². The number of sulfone groups is 2. The number of unbranched alkanes of at least 4 members (excludes halogenated alkanes) is 2. The Balaban J connectivity index is 0.000000243. The van der Waals surface area contributed by atoms with Gasteiger partial charge in [-0.25, -0.2) is 41.0 Å². The van der Waals surface area contributed by atoms with Gasteiger partial charge in [-0.2, -0.15) is 20.7 Å². The number of hydrazine groups is 2. The predicted molar refractivity (Wildman–Crippen MR) is 290 cm³/mol. The fourth-order valence-corrected chi connectivity index (χ4v) is 8.42. The molecule has 1 amide bonds. The minimum absolute atomic E-state index is 0.0496. The molecule has 0 spiro atoms. The van der Waals surface area contributed by atoms with E-state index in [1.54, 1.807) is 49.4 Å². The first-order valence-corrected chi connectivity index (χ1v) is 25.7. The molecule has 0 saturated carbocycles. The zero-order chi connectivity index (χ0) is 68.8. The Kier molecular flexibility index (Phi) is 13.5. The number of amides is 1. The Morgan fingerprint density at radius 2 is 1.05 bits per heavy atom. The molecule has 0 radical (unpaired) electrons. The van der Waals surface area contributed by atoms with Gasteiger partial charge in [0.2, 0.25) is 0 Å². The van der Waals surface area contributed by atoms with Gasteiger partial charge in [-0.1, -0.05) is 94.4 Å². The van der Waals surface area contributed by atoms with E-state index in [0.29, 0.717) is 68.1 Å². The van der Waals surface area contributed by atoms with Crippen molar-refractivity contribution in [2.45, 2.75) is 39.5 Å². The van der Waals surface area contributed by atoms with Gasteiger partial charge in [-0.3, -0.25) is 16.1 Å². The topological polar surface area (TPSA) is 250 Å². The third-order valence-corrected chi connectivity index (χ3v) is 12.4. The molecular weight excluding hydrogens is 1080 g/mol. The van der Waals surface area contributed by atoms with Crippen LogP contribution in [0.2, 0.25) is 20.1 Å². The van der Waals surface area contributed by atoms with Crippen LogP contribution in [-0.2, 0) is 19.7 Å². The van der Waals surface area contributed by atoms with Crippen molar-refractivity contribution in [2.75, 3.05) is 48.8 Å². The summed E-state index contributed by atoms with van der Waals surface area (Å²) in [4.78, 5) is 25.3. The third kappa shape index (κ3) is 15.7. The van der Waals surface area contributed by atoms with Gasteiger partial charge in [0.15, 0.2) is 31.1 Å². The Hall–Kier alpha value is -6.72. The minimum Gasteiger partial charge on any atom is -0.476 e. The molecule has 23 heteroatoms. The van der Waals surface area contributed by atoms with Crippen LogP contribution in [0.25, 0.3) is 33.9 Å². The average molecular weight is 1150 g/mol. The van der Waals surface area contributed by atoms with Crippen LogP contribution in [-0.4, -0.2) is 112 Å². The number of benzene rings is 4. The molecule has 0 bridgehead atoms. The number of hydrogen-bond acceptors (Lipinski definition) is 13. The number of carboxylic acid groups (broad SMARTS) is 1. The summed E-state index contributed by atoms with van der Waals surface area (Å²) in [7, 11) is -11.1. The zero-order valence-electron chi connectivity index (χ0n) is 54.8. The maximum absolute atomic E-state index is 13.6.